The monoisotopic (exact) mass is 271 g/mol. The number of anilines is 1. The zero-order valence-corrected chi connectivity index (χ0v) is 10.6. The zero-order chi connectivity index (χ0) is 13.2. The van der Waals surface area contributed by atoms with Gasteiger partial charge in [0.15, 0.2) is 0 Å². The first-order chi connectivity index (χ1) is 9.25. The summed E-state index contributed by atoms with van der Waals surface area (Å²) < 4.78 is 5.49. The van der Waals surface area contributed by atoms with Crippen molar-refractivity contribution in [3.05, 3.63) is 65.4 Å². The molecule has 1 amide bonds. The molecule has 0 atom stereocenters. The Hall–Kier alpha value is -2.26. The Morgan fingerprint density at radius 1 is 1.00 bits per heavy atom. The largest absolute Gasteiger partial charge is 0.449 e. The molecule has 0 unspecified atom stereocenters. The van der Waals surface area contributed by atoms with Crippen LogP contribution < -0.4 is 5.32 Å². The van der Waals surface area contributed by atoms with Crippen LogP contribution in [-0.4, -0.2) is 5.91 Å². The van der Waals surface area contributed by atoms with Crippen LogP contribution in [0.5, 0.6) is 0 Å². The van der Waals surface area contributed by atoms with Crippen LogP contribution >= 0.6 is 11.6 Å². The molecule has 0 aliphatic heterocycles. The molecule has 1 N–H and O–H groups in total. The first-order valence-corrected chi connectivity index (χ1v) is 6.17. The maximum atomic E-state index is 12.1. The number of hydrogen-bond acceptors (Lipinski definition) is 2. The molecule has 0 spiro atoms. The second kappa shape index (κ2) is 4.78. The molecule has 2 aromatic carbocycles. The number of hydrogen-bond donors (Lipinski definition) is 1. The van der Waals surface area contributed by atoms with Gasteiger partial charge in [-0.3, -0.25) is 4.79 Å². The molecule has 94 valence electrons. The summed E-state index contributed by atoms with van der Waals surface area (Å²) in [4.78, 5) is 12.1. The predicted octanol–water partition coefficient (Wildman–Crippen LogP) is 4.34. The minimum atomic E-state index is -0.354. The third kappa shape index (κ3) is 2.20. The van der Waals surface area contributed by atoms with E-state index in [9.17, 15) is 4.79 Å². The Bertz CT molecular complexity index is 734. The quantitative estimate of drug-likeness (QED) is 0.753. The van der Waals surface area contributed by atoms with Gasteiger partial charge in [0.2, 0.25) is 5.76 Å². The van der Waals surface area contributed by atoms with Crippen molar-refractivity contribution in [2.45, 2.75) is 0 Å². The van der Waals surface area contributed by atoms with Gasteiger partial charge in [-0.2, -0.15) is 0 Å². The van der Waals surface area contributed by atoms with Gasteiger partial charge in [-0.25, -0.2) is 0 Å². The van der Waals surface area contributed by atoms with Gasteiger partial charge in [0.25, 0.3) is 5.91 Å². The van der Waals surface area contributed by atoms with Crippen LogP contribution in [0, 0.1) is 0 Å². The summed E-state index contributed by atoms with van der Waals surface area (Å²) in [5.41, 5.74) is 1.30. The minimum Gasteiger partial charge on any atom is -0.449 e. The van der Waals surface area contributed by atoms with Crippen LogP contribution in [0.4, 0.5) is 5.69 Å². The topological polar surface area (TPSA) is 42.2 Å². The lowest BCUT2D eigenvalue weighted by atomic mass is 10.2. The number of fused-ring (bicyclic) bond motifs is 1. The van der Waals surface area contributed by atoms with Crippen LogP contribution in [0.15, 0.2) is 59.0 Å². The number of furan rings is 1. The van der Waals surface area contributed by atoms with E-state index in [0.29, 0.717) is 16.3 Å². The van der Waals surface area contributed by atoms with Gasteiger partial charge in [-0.15, -0.1) is 0 Å². The molecule has 0 saturated carbocycles. The van der Waals surface area contributed by atoms with Gasteiger partial charge in [0.1, 0.15) is 5.58 Å². The normalized spacial score (nSPS) is 10.6. The highest BCUT2D eigenvalue weighted by atomic mass is 35.5. The highest BCUT2D eigenvalue weighted by Gasteiger charge is 2.18. The van der Waals surface area contributed by atoms with Gasteiger partial charge in [0.05, 0.1) is 5.02 Å². The molecule has 0 aliphatic rings. The fraction of sp³-hybridized carbons (Fsp3) is 0. The summed E-state index contributed by atoms with van der Waals surface area (Å²) in [6.45, 7) is 0. The number of nitrogens with one attached hydrogen (secondary N) is 1. The fourth-order valence-electron chi connectivity index (χ4n) is 1.87. The lowest BCUT2D eigenvalue weighted by molar-refractivity contribution is 0.0999. The minimum absolute atomic E-state index is 0.131. The Kier molecular flexibility index (Phi) is 2.97. The zero-order valence-electron chi connectivity index (χ0n) is 9.89. The van der Waals surface area contributed by atoms with E-state index in [1.807, 2.05) is 36.4 Å². The van der Waals surface area contributed by atoms with Gasteiger partial charge < -0.3 is 9.73 Å². The summed E-state index contributed by atoms with van der Waals surface area (Å²) in [5, 5.41) is 3.82. The summed E-state index contributed by atoms with van der Waals surface area (Å²) in [6.07, 6.45) is 0. The fourth-order valence-corrected chi connectivity index (χ4v) is 2.15. The highest BCUT2D eigenvalue weighted by molar-refractivity contribution is 6.38. The molecule has 3 aromatic rings. The molecule has 0 fully saturated rings. The number of benzene rings is 2. The molecule has 1 heterocycles. The number of carbonyl (C=O) groups is 1. The van der Waals surface area contributed by atoms with Crippen molar-refractivity contribution in [1.82, 2.24) is 0 Å². The predicted molar refractivity (Wildman–Crippen MR) is 75.6 cm³/mol. The average Bonchev–Trinajstić information content (AvgIpc) is 2.78. The molecule has 0 saturated heterocycles. The highest BCUT2D eigenvalue weighted by Crippen LogP contribution is 2.30. The van der Waals surface area contributed by atoms with Crippen LogP contribution in [0.25, 0.3) is 11.0 Å². The Morgan fingerprint density at radius 2 is 1.68 bits per heavy atom. The van der Waals surface area contributed by atoms with E-state index in [-0.39, 0.29) is 11.7 Å². The van der Waals surface area contributed by atoms with E-state index < -0.39 is 0 Å². The number of rotatable bonds is 2. The van der Waals surface area contributed by atoms with Gasteiger partial charge in [-0.1, -0.05) is 41.9 Å². The molecule has 1 aromatic heterocycles. The molecular weight excluding hydrogens is 262 g/mol. The van der Waals surface area contributed by atoms with Crippen molar-refractivity contribution >= 4 is 34.2 Å². The first kappa shape index (κ1) is 11.8. The van der Waals surface area contributed by atoms with E-state index in [0.717, 1.165) is 5.39 Å². The smallest absolute Gasteiger partial charge is 0.292 e. The Morgan fingerprint density at radius 3 is 2.42 bits per heavy atom. The molecule has 0 radical (unpaired) electrons. The molecule has 0 bridgehead atoms. The van der Waals surface area contributed by atoms with Crippen molar-refractivity contribution in [2.24, 2.45) is 0 Å². The molecule has 19 heavy (non-hydrogen) atoms. The van der Waals surface area contributed by atoms with Crippen LogP contribution in [0.2, 0.25) is 5.02 Å². The summed E-state index contributed by atoms with van der Waals surface area (Å²) in [5.74, 6) is -0.223. The van der Waals surface area contributed by atoms with Gasteiger partial charge in [-0.05, 0) is 24.3 Å². The number of amides is 1. The Balaban J connectivity index is 1.96. The Labute approximate surface area is 114 Å². The number of carbonyl (C=O) groups excluding carboxylic acids is 1. The van der Waals surface area contributed by atoms with Gasteiger partial charge >= 0.3 is 0 Å². The third-order valence-electron chi connectivity index (χ3n) is 2.77. The van der Waals surface area contributed by atoms with Crippen LogP contribution in [-0.2, 0) is 0 Å². The van der Waals surface area contributed by atoms with Crippen molar-refractivity contribution in [2.75, 3.05) is 5.32 Å². The average molecular weight is 272 g/mol. The molecular formula is C15H10ClNO2. The van der Waals surface area contributed by atoms with E-state index >= 15 is 0 Å². The van der Waals surface area contributed by atoms with Crippen molar-refractivity contribution < 1.29 is 9.21 Å². The number of para-hydroxylation sites is 2. The van der Waals surface area contributed by atoms with Crippen LogP contribution in [0.3, 0.4) is 0 Å². The summed E-state index contributed by atoms with van der Waals surface area (Å²) in [6, 6.07) is 16.4. The van der Waals surface area contributed by atoms with E-state index in [1.165, 1.54) is 0 Å². The standard InChI is InChI=1S/C15H10ClNO2/c16-13-11-8-4-5-9-12(11)19-14(13)15(18)17-10-6-2-1-3-7-10/h1-9H,(H,17,18). The maximum Gasteiger partial charge on any atom is 0.292 e. The molecule has 3 rings (SSSR count). The van der Waals surface area contributed by atoms with E-state index in [4.69, 9.17) is 16.0 Å². The molecule has 3 nitrogen and oxygen atoms in total. The van der Waals surface area contributed by atoms with Crippen molar-refractivity contribution in [3.8, 4) is 0 Å². The summed E-state index contributed by atoms with van der Waals surface area (Å²) >= 11 is 6.16. The molecule has 0 aliphatic carbocycles. The SMILES string of the molecule is O=C(Nc1ccccc1)c1oc2ccccc2c1Cl. The summed E-state index contributed by atoms with van der Waals surface area (Å²) in [7, 11) is 0. The van der Waals surface area contributed by atoms with Gasteiger partial charge in [0, 0.05) is 11.1 Å². The second-order valence-corrected chi connectivity index (χ2v) is 4.44. The third-order valence-corrected chi connectivity index (χ3v) is 3.15. The lowest BCUT2D eigenvalue weighted by Crippen LogP contribution is -2.11. The maximum absolute atomic E-state index is 12.1. The molecule has 4 heteroatoms. The lowest BCUT2D eigenvalue weighted by Gasteiger charge is -2.02. The van der Waals surface area contributed by atoms with E-state index in [1.54, 1.807) is 18.2 Å². The van der Waals surface area contributed by atoms with E-state index in [2.05, 4.69) is 5.32 Å². The first-order valence-electron chi connectivity index (χ1n) is 5.79. The number of halogens is 1. The van der Waals surface area contributed by atoms with Crippen LogP contribution in [0.1, 0.15) is 10.6 Å². The van der Waals surface area contributed by atoms with Crippen molar-refractivity contribution in [3.63, 3.8) is 0 Å². The second-order valence-electron chi connectivity index (χ2n) is 4.06. The van der Waals surface area contributed by atoms with Crippen molar-refractivity contribution in [1.29, 1.82) is 0 Å².